The van der Waals surface area contributed by atoms with Crippen molar-refractivity contribution in [1.82, 2.24) is 0 Å². The Bertz CT molecular complexity index is 25.1. The fourth-order valence-corrected chi connectivity index (χ4v) is 0.866. The van der Waals surface area contributed by atoms with E-state index in [2.05, 4.69) is 20.1 Å². The van der Waals surface area contributed by atoms with Crippen LogP contribution in [0.3, 0.4) is 0 Å². The largest absolute Gasteiger partial charge is 0.165 e. The second-order valence-electron chi connectivity index (χ2n) is 1.64. The van der Waals surface area contributed by atoms with Gasteiger partial charge in [0.25, 0.3) is 0 Å². The molecule has 37 valence electrons. The Kier molecular flexibility index (Phi) is 3.74. The SMILES string of the molecule is CSC[C](C)C. The summed E-state index contributed by atoms with van der Waals surface area (Å²) in [6.07, 6.45) is 2.12. The maximum Gasteiger partial charge on any atom is -0.00135 e. The maximum atomic E-state index is 2.15. The molecule has 0 spiro atoms. The molecular weight excluding hydrogens is 92.1 g/mol. The van der Waals surface area contributed by atoms with Crippen molar-refractivity contribution in [2.45, 2.75) is 13.8 Å². The predicted octanol–water partition coefficient (Wildman–Crippen LogP) is 1.96. The first-order chi connectivity index (χ1) is 2.77. The van der Waals surface area contributed by atoms with E-state index in [9.17, 15) is 0 Å². The molecule has 0 saturated heterocycles. The van der Waals surface area contributed by atoms with E-state index in [4.69, 9.17) is 0 Å². The summed E-state index contributed by atoms with van der Waals surface area (Å²) in [5.41, 5.74) is 0. The lowest BCUT2D eigenvalue weighted by Gasteiger charge is -1.95. The zero-order valence-corrected chi connectivity index (χ0v) is 5.43. The summed E-state index contributed by atoms with van der Waals surface area (Å²) in [6.45, 7) is 4.30. The standard InChI is InChI=1S/C5H11S/c1-5(2)4-6-3/h4H2,1-3H3. The lowest BCUT2D eigenvalue weighted by atomic mass is 10.3. The Balaban J connectivity index is 2.63. The second kappa shape index (κ2) is 3.54. The van der Waals surface area contributed by atoms with Crippen LogP contribution in [-0.2, 0) is 0 Å². The lowest BCUT2D eigenvalue weighted by Crippen LogP contribution is -1.84. The van der Waals surface area contributed by atoms with Crippen LogP contribution in [0.15, 0.2) is 0 Å². The molecule has 0 N–H and O–H groups in total. The van der Waals surface area contributed by atoms with Crippen LogP contribution >= 0.6 is 11.8 Å². The van der Waals surface area contributed by atoms with Crippen LogP contribution in [0, 0.1) is 5.92 Å². The van der Waals surface area contributed by atoms with Crippen molar-refractivity contribution in [3.63, 3.8) is 0 Å². The van der Waals surface area contributed by atoms with E-state index in [-0.39, 0.29) is 0 Å². The highest BCUT2D eigenvalue weighted by Crippen LogP contribution is 2.02. The number of rotatable bonds is 2. The van der Waals surface area contributed by atoms with Crippen LogP contribution in [0.2, 0.25) is 0 Å². The Morgan fingerprint density at radius 1 is 1.50 bits per heavy atom. The average Bonchev–Trinajstić information content (AvgIpc) is 1.35. The van der Waals surface area contributed by atoms with Gasteiger partial charge in [-0.3, -0.25) is 0 Å². The molecule has 0 aliphatic carbocycles. The second-order valence-corrected chi connectivity index (χ2v) is 2.51. The average molecular weight is 103 g/mol. The van der Waals surface area contributed by atoms with Gasteiger partial charge in [0.1, 0.15) is 0 Å². The van der Waals surface area contributed by atoms with Crippen molar-refractivity contribution in [2.24, 2.45) is 0 Å². The van der Waals surface area contributed by atoms with Crippen LogP contribution in [0.4, 0.5) is 0 Å². The molecule has 0 saturated carbocycles. The van der Waals surface area contributed by atoms with Gasteiger partial charge in [-0.1, -0.05) is 13.8 Å². The van der Waals surface area contributed by atoms with Gasteiger partial charge in [-0.2, -0.15) is 11.8 Å². The minimum Gasteiger partial charge on any atom is -0.165 e. The summed E-state index contributed by atoms with van der Waals surface area (Å²) in [6, 6.07) is 0. The summed E-state index contributed by atoms with van der Waals surface area (Å²) in [5.74, 6) is 2.71. The van der Waals surface area contributed by atoms with Crippen LogP contribution in [0.1, 0.15) is 13.8 Å². The third kappa shape index (κ3) is 4.35. The van der Waals surface area contributed by atoms with E-state index < -0.39 is 0 Å². The summed E-state index contributed by atoms with van der Waals surface area (Å²) in [5, 5.41) is 0. The van der Waals surface area contributed by atoms with Gasteiger partial charge in [0.15, 0.2) is 0 Å². The zero-order valence-electron chi connectivity index (χ0n) is 4.62. The van der Waals surface area contributed by atoms with Crippen molar-refractivity contribution >= 4 is 11.8 Å². The molecule has 0 aromatic rings. The van der Waals surface area contributed by atoms with Gasteiger partial charge in [-0.15, -0.1) is 0 Å². The summed E-state index contributed by atoms with van der Waals surface area (Å²) < 4.78 is 0. The Hall–Kier alpha value is 0.350. The summed E-state index contributed by atoms with van der Waals surface area (Å²) >= 11 is 1.87. The third-order valence-electron chi connectivity index (χ3n) is 0.433. The molecule has 1 radical (unpaired) electrons. The highest BCUT2D eigenvalue weighted by Gasteiger charge is 1.86. The molecule has 0 aromatic heterocycles. The molecule has 0 amide bonds. The van der Waals surface area contributed by atoms with Gasteiger partial charge in [0, 0.05) is 0 Å². The normalized spacial score (nSPS) is 10.0. The smallest absolute Gasteiger partial charge is 0.00135 e. The van der Waals surface area contributed by atoms with Gasteiger partial charge in [0.2, 0.25) is 0 Å². The Morgan fingerprint density at radius 3 is 2.00 bits per heavy atom. The van der Waals surface area contributed by atoms with Crippen molar-refractivity contribution in [3.05, 3.63) is 5.92 Å². The topological polar surface area (TPSA) is 0 Å². The zero-order chi connectivity index (χ0) is 4.99. The van der Waals surface area contributed by atoms with E-state index in [1.807, 2.05) is 11.8 Å². The van der Waals surface area contributed by atoms with Crippen molar-refractivity contribution < 1.29 is 0 Å². The number of thioether (sulfide) groups is 1. The molecular formula is C5H11S. The van der Waals surface area contributed by atoms with Gasteiger partial charge < -0.3 is 0 Å². The number of hydrogen-bond acceptors (Lipinski definition) is 1. The van der Waals surface area contributed by atoms with Gasteiger partial charge in [-0.05, 0) is 17.9 Å². The monoisotopic (exact) mass is 103 g/mol. The predicted molar refractivity (Wildman–Crippen MR) is 33.0 cm³/mol. The quantitative estimate of drug-likeness (QED) is 0.515. The summed E-state index contributed by atoms with van der Waals surface area (Å²) in [7, 11) is 0. The maximum absolute atomic E-state index is 2.15. The van der Waals surface area contributed by atoms with E-state index in [1.165, 1.54) is 11.7 Å². The first-order valence-corrected chi connectivity index (χ1v) is 3.44. The molecule has 0 rings (SSSR count). The molecule has 0 atom stereocenters. The van der Waals surface area contributed by atoms with Crippen molar-refractivity contribution in [1.29, 1.82) is 0 Å². The van der Waals surface area contributed by atoms with Crippen LogP contribution in [-0.4, -0.2) is 12.0 Å². The van der Waals surface area contributed by atoms with E-state index in [1.54, 1.807) is 0 Å². The van der Waals surface area contributed by atoms with Gasteiger partial charge >= 0.3 is 0 Å². The molecule has 0 heterocycles. The molecule has 0 unspecified atom stereocenters. The minimum absolute atomic E-state index is 1.21. The molecule has 0 aliphatic heterocycles. The minimum atomic E-state index is 1.21. The first kappa shape index (κ1) is 6.35. The lowest BCUT2D eigenvalue weighted by molar-refractivity contribution is 1.12. The van der Waals surface area contributed by atoms with Crippen molar-refractivity contribution in [2.75, 3.05) is 12.0 Å². The molecule has 1 heteroatoms. The molecule has 0 aliphatic rings. The summed E-state index contributed by atoms with van der Waals surface area (Å²) in [4.78, 5) is 0. The third-order valence-corrected chi connectivity index (χ3v) is 1.30. The van der Waals surface area contributed by atoms with Gasteiger partial charge in [0.05, 0.1) is 0 Å². The van der Waals surface area contributed by atoms with E-state index >= 15 is 0 Å². The molecule has 0 bridgehead atoms. The van der Waals surface area contributed by atoms with E-state index in [0.717, 1.165) is 0 Å². The van der Waals surface area contributed by atoms with E-state index in [0.29, 0.717) is 0 Å². The highest BCUT2D eigenvalue weighted by molar-refractivity contribution is 7.98. The first-order valence-electron chi connectivity index (χ1n) is 2.05. The van der Waals surface area contributed by atoms with Crippen molar-refractivity contribution in [3.8, 4) is 0 Å². The Labute approximate surface area is 44.3 Å². The Morgan fingerprint density at radius 2 is 2.00 bits per heavy atom. The molecule has 0 fully saturated rings. The fraction of sp³-hybridized carbons (Fsp3) is 0.800. The van der Waals surface area contributed by atoms with Crippen LogP contribution in [0.25, 0.3) is 0 Å². The molecule has 0 aromatic carbocycles. The number of hydrogen-bond donors (Lipinski definition) is 0. The fourth-order valence-electron chi connectivity index (χ4n) is 0.289. The van der Waals surface area contributed by atoms with Crippen LogP contribution < -0.4 is 0 Å². The highest BCUT2D eigenvalue weighted by atomic mass is 32.2. The van der Waals surface area contributed by atoms with Crippen LogP contribution in [0.5, 0.6) is 0 Å². The molecule has 0 nitrogen and oxygen atoms in total. The molecule has 6 heavy (non-hydrogen) atoms. The van der Waals surface area contributed by atoms with Gasteiger partial charge in [-0.25, -0.2) is 0 Å².